The van der Waals surface area contributed by atoms with E-state index in [1.807, 2.05) is 50.8 Å². The molecule has 1 fully saturated rings. The van der Waals surface area contributed by atoms with E-state index in [2.05, 4.69) is 70.6 Å². The van der Waals surface area contributed by atoms with Crippen molar-refractivity contribution in [1.82, 2.24) is 9.80 Å². The average molecular weight is 585 g/mol. The summed E-state index contributed by atoms with van der Waals surface area (Å²) < 4.78 is 5.67. The van der Waals surface area contributed by atoms with Crippen LogP contribution in [0.1, 0.15) is 88.0 Å². The van der Waals surface area contributed by atoms with Crippen LogP contribution in [0.25, 0.3) is 0 Å². The Morgan fingerprint density at radius 2 is 2.00 bits per heavy atom. The number of nitrogens with zero attached hydrogens (tertiary/aromatic N) is 4. The van der Waals surface area contributed by atoms with E-state index in [1.165, 1.54) is 5.57 Å². The van der Waals surface area contributed by atoms with Crippen molar-refractivity contribution in [2.75, 3.05) is 19.6 Å². The number of piperazine rings is 1. The molecular weight excluding hydrogens is 532 g/mol. The zero-order valence-corrected chi connectivity index (χ0v) is 28.0. The molecule has 2 atom stereocenters. The first kappa shape index (κ1) is 35.4. The Balaban J connectivity index is 2.62. The van der Waals surface area contributed by atoms with Crippen molar-refractivity contribution in [1.29, 1.82) is 5.26 Å². The highest BCUT2D eigenvalue weighted by molar-refractivity contribution is 6.06. The third-order valence-electron chi connectivity index (χ3n) is 7.81. The van der Waals surface area contributed by atoms with Crippen molar-refractivity contribution in [3.8, 4) is 6.07 Å². The SMILES string of the molecule is C=CN=C(CC(=C)C1=C=C(C)C=CC(C#N)=C1)C(/C(=C\C)C(CC)CCC)=C(\C)N1CCN(C(=O)OC(C)(C)C)CC1C. The van der Waals surface area contributed by atoms with Crippen molar-refractivity contribution >= 4 is 11.8 Å². The zero-order valence-electron chi connectivity index (χ0n) is 28.0. The number of amides is 1. The van der Waals surface area contributed by atoms with Crippen LogP contribution in [0.15, 0.2) is 93.5 Å². The van der Waals surface area contributed by atoms with Gasteiger partial charge in [0.1, 0.15) is 5.60 Å². The van der Waals surface area contributed by atoms with Gasteiger partial charge in [-0.15, -0.1) is 5.73 Å². The van der Waals surface area contributed by atoms with Gasteiger partial charge in [0.15, 0.2) is 0 Å². The predicted octanol–water partition coefficient (Wildman–Crippen LogP) is 9.00. The number of ether oxygens (including phenoxy) is 1. The van der Waals surface area contributed by atoms with E-state index in [9.17, 15) is 10.1 Å². The molecule has 1 heterocycles. The second kappa shape index (κ2) is 16.1. The van der Waals surface area contributed by atoms with Gasteiger partial charge in [0.05, 0.1) is 17.4 Å². The Bertz CT molecular complexity index is 1330. The predicted molar refractivity (Wildman–Crippen MR) is 180 cm³/mol. The minimum absolute atomic E-state index is 0.0798. The highest BCUT2D eigenvalue weighted by Crippen LogP contribution is 2.35. The van der Waals surface area contributed by atoms with Crippen LogP contribution in [-0.2, 0) is 4.74 Å². The molecule has 2 aliphatic rings. The maximum absolute atomic E-state index is 12.9. The molecule has 1 saturated heterocycles. The van der Waals surface area contributed by atoms with Gasteiger partial charge in [0.25, 0.3) is 0 Å². The third kappa shape index (κ3) is 9.87. The zero-order chi connectivity index (χ0) is 32.3. The van der Waals surface area contributed by atoms with Crippen molar-refractivity contribution in [2.45, 2.75) is 99.6 Å². The van der Waals surface area contributed by atoms with Gasteiger partial charge in [-0.1, -0.05) is 45.6 Å². The van der Waals surface area contributed by atoms with E-state index >= 15 is 0 Å². The lowest BCUT2D eigenvalue weighted by atomic mass is 9.81. The Labute approximate surface area is 260 Å². The van der Waals surface area contributed by atoms with E-state index in [0.29, 0.717) is 37.5 Å². The summed E-state index contributed by atoms with van der Waals surface area (Å²) in [5.74, 6) is 0.370. The monoisotopic (exact) mass is 584 g/mol. The molecule has 0 radical (unpaired) electrons. The topological polar surface area (TPSA) is 68.9 Å². The molecule has 1 aliphatic carbocycles. The van der Waals surface area contributed by atoms with E-state index in [0.717, 1.165) is 53.0 Å². The molecule has 0 bridgehead atoms. The van der Waals surface area contributed by atoms with E-state index in [4.69, 9.17) is 9.73 Å². The highest BCUT2D eigenvalue weighted by Gasteiger charge is 2.32. The number of hydrogen-bond acceptors (Lipinski definition) is 5. The number of allylic oxidation sites excluding steroid dienone is 10. The van der Waals surface area contributed by atoms with Crippen LogP contribution in [0.5, 0.6) is 0 Å². The van der Waals surface area contributed by atoms with Crippen molar-refractivity contribution in [3.05, 3.63) is 88.5 Å². The molecule has 0 aromatic carbocycles. The average Bonchev–Trinajstić information content (AvgIpc) is 3.14. The fourth-order valence-electron chi connectivity index (χ4n) is 5.76. The standard InChI is InChI=1S/C37H52N4O2/c1-12-16-31(13-2)33(14-3)35(29(8)41-20-19-40(25-28(41)7)36(42)43-37(9,10)11)34(39-15-4)22-27(6)32-21-26(5)17-18-30(23-32)24-38/h14-15,17-18,23,28,31H,4,6,12-13,16,19-20,22,25H2,1-3,5,7-11H3/b33-14-,35-29+,39-34?. The first-order chi connectivity index (χ1) is 20.3. The Kier molecular flexibility index (Phi) is 13.3. The Morgan fingerprint density at radius 1 is 1.30 bits per heavy atom. The summed E-state index contributed by atoms with van der Waals surface area (Å²) in [6.07, 6.45) is 12.8. The van der Waals surface area contributed by atoms with Crippen LogP contribution in [0, 0.1) is 17.2 Å². The Morgan fingerprint density at radius 3 is 2.53 bits per heavy atom. The van der Waals surface area contributed by atoms with Crippen molar-refractivity contribution in [3.63, 3.8) is 0 Å². The van der Waals surface area contributed by atoms with Gasteiger partial charge in [0.2, 0.25) is 0 Å². The summed E-state index contributed by atoms with van der Waals surface area (Å²) in [7, 11) is 0. The van der Waals surface area contributed by atoms with Gasteiger partial charge in [-0.2, -0.15) is 5.26 Å². The number of hydrogen-bond donors (Lipinski definition) is 0. The largest absolute Gasteiger partial charge is 0.444 e. The molecule has 232 valence electrons. The molecule has 0 aromatic heterocycles. The van der Waals surface area contributed by atoms with Crippen LogP contribution in [-0.4, -0.2) is 52.9 Å². The number of rotatable bonds is 11. The van der Waals surface area contributed by atoms with Crippen LogP contribution in [0.3, 0.4) is 0 Å². The maximum Gasteiger partial charge on any atom is 0.410 e. The summed E-state index contributed by atoms with van der Waals surface area (Å²) in [5.41, 5.74) is 10.4. The molecule has 0 spiro atoms. The summed E-state index contributed by atoms with van der Waals surface area (Å²) >= 11 is 0. The quantitative estimate of drug-likeness (QED) is 0.138. The molecule has 2 unspecified atom stereocenters. The van der Waals surface area contributed by atoms with E-state index in [-0.39, 0.29) is 12.1 Å². The van der Waals surface area contributed by atoms with Gasteiger partial charge >= 0.3 is 6.09 Å². The van der Waals surface area contributed by atoms with Gasteiger partial charge in [-0.3, -0.25) is 4.99 Å². The lowest BCUT2D eigenvalue weighted by Crippen LogP contribution is -2.54. The second-order valence-corrected chi connectivity index (χ2v) is 12.4. The molecule has 2 rings (SSSR count). The molecule has 43 heavy (non-hydrogen) atoms. The maximum atomic E-state index is 12.9. The van der Waals surface area contributed by atoms with Crippen LogP contribution < -0.4 is 0 Å². The summed E-state index contributed by atoms with van der Waals surface area (Å²) in [6.45, 7) is 28.8. The molecule has 0 N–H and O–H groups in total. The van der Waals surface area contributed by atoms with E-state index < -0.39 is 5.60 Å². The number of carbonyl (C=O) groups excluding carboxylic acids is 1. The van der Waals surface area contributed by atoms with Crippen LogP contribution in [0.2, 0.25) is 0 Å². The van der Waals surface area contributed by atoms with Crippen LogP contribution in [0.4, 0.5) is 4.79 Å². The first-order valence-corrected chi connectivity index (χ1v) is 15.5. The summed E-state index contributed by atoms with van der Waals surface area (Å²) in [5, 5.41) is 9.61. The fraction of sp³-hybridized carbons (Fsp3) is 0.514. The molecule has 0 saturated carbocycles. The summed E-state index contributed by atoms with van der Waals surface area (Å²) in [6, 6.07) is 2.33. The molecule has 0 aromatic rings. The lowest BCUT2D eigenvalue weighted by Gasteiger charge is -2.43. The smallest absolute Gasteiger partial charge is 0.410 e. The van der Waals surface area contributed by atoms with Crippen LogP contribution >= 0.6 is 0 Å². The second-order valence-electron chi connectivity index (χ2n) is 12.4. The van der Waals surface area contributed by atoms with E-state index in [1.54, 1.807) is 6.20 Å². The van der Waals surface area contributed by atoms with Crippen molar-refractivity contribution < 1.29 is 9.53 Å². The number of aliphatic imine (C=N–C) groups is 1. The van der Waals surface area contributed by atoms with Gasteiger partial charge < -0.3 is 14.5 Å². The van der Waals surface area contributed by atoms with Gasteiger partial charge in [-0.25, -0.2) is 4.79 Å². The molecule has 6 heteroatoms. The number of carbonyl (C=O) groups is 1. The van der Waals surface area contributed by atoms with Crippen molar-refractivity contribution in [2.24, 2.45) is 10.9 Å². The third-order valence-corrected chi connectivity index (χ3v) is 7.81. The molecule has 1 aliphatic heterocycles. The fourth-order valence-corrected chi connectivity index (χ4v) is 5.76. The first-order valence-electron chi connectivity index (χ1n) is 15.5. The highest BCUT2D eigenvalue weighted by atomic mass is 16.6. The summed E-state index contributed by atoms with van der Waals surface area (Å²) in [4.78, 5) is 21.9. The minimum atomic E-state index is -0.534. The van der Waals surface area contributed by atoms with Gasteiger partial charge in [0, 0.05) is 55.1 Å². The molecule has 6 nitrogen and oxygen atoms in total. The number of nitriles is 1. The minimum Gasteiger partial charge on any atom is -0.444 e. The van der Waals surface area contributed by atoms with Gasteiger partial charge in [-0.05, 0) is 96.1 Å². The molecule has 1 amide bonds. The normalized spacial score (nSPS) is 19.3. The Hall–Kier alpha value is -3.81. The molecular formula is C37H52N4O2. The lowest BCUT2D eigenvalue weighted by molar-refractivity contribution is 0.0101.